The van der Waals surface area contributed by atoms with E-state index < -0.39 is 11.9 Å². The second kappa shape index (κ2) is 5.90. The fourth-order valence-corrected chi connectivity index (χ4v) is 1.25. The Hall–Kier alpha value is -1.84. The number of carbonyl (C=O) groups is 2. The van der Waals surface area contributed by atoms with Crippen LogP contribution in [-0.2, 0) is 20.9 Å². The lowest BCUT2D eigenvalue weighted by Gasteiger charge is -2.06. The fourth-order valence-electron chi connectivity index (χ4n) is 1.25. The topological polar surface area (TPSA) is 55.4 Å². The van der Waals surface area contributed by atoms with Crippen molar-refractivity contribution >= 4 is 11.9 Å². The number of rotatable bonds is 3. The molecule has 0 aliphatic carbocycles. The van der Waals surface area contributed by atoms with Gasteiger partial charge in [0.05, 0.1) is 6.61 Å². The molecule has 0 bridgehead atoms. The maximum Gasteiger partial charge on any atom is 0.396 e. The summed E-state index contributed by atoms with van der Waals surface area (Å²) in [5, 5.41) is 2.51. The minimum Gasteiger partial charge on any atom is -0.459 e. The first-order valence-electron chi connectivity index (χ1n) is 5.14. The van der Waals surface area contributed by atoms with Gasteiger partial charge in [0.25, 0.3) is 0 Å². The van der Waals surface area contributed by atoms with Gasteiger partial charge in [-0.1, -0.05) is 24.3 Å². The zero-order chi connectivity index (χ0) is 12.0. The molecule has 86 valence electrons. The van der Waals surface area contributed by atoms with Crippen LogP contribution in [0.3, 0.4) is 0 Å². The third-order valence-electron chi connectivity index (χ3n) is 2.16. The van der Waals surface area contributed by atoms with Gasteiger partial charge < -0.3 is 10.1 Å². The molecule has 1 N–H and O–H groups in total. The van der Waals surface area contributed by atoms with Crippen molar-refractivity contribution in [2.24, 2.45) is 0 Å². The third-order valence-corrected chi connectivity index (χ3v) is 2.16. The van der Waals surface area contributed by atoms with Crippen LogP contribution in [0.25, 0.3) is 0 Å². The lowest BCUT2D eigenvalue weighted by molar-refractivity contribution is -0.154. The highest BCUT2D eigenvalue weighted by Gasteiger charge is 2.13. The highest BCUT2D eigenvalue weighted by atomic mass is 16.5. The van der Waals surface area contributed by atoms with Crippen molar-refractivity contribution in [3.05, 3.63) is 35.4 Å². The summed E-state index contributed by atoms with van der Waals surface area (Å²) in [5.74, 6) is -1.54. The quantitative estimate of drug-likeness (QED) is 0.616. The van der Waals surface area contributed by atoms with Crippen LogP contribution >= 0.6 is 0 Å². The van der Waals surface area contributed by atoms with Gasteiger partial charge in [-0.3, -0.25) is 4.79 Å². The smallest absolute Gasteiger partial charge is 0.396 e. The highest BCUT2D eigenvalue weighted by Crippen LogP contribution is 2.05. The average Bonchev–Trinajstić information content (AvgIpc) is 2.28. The zero-order valence-electron chi connectivity index (χ0n) is 9.45. The second-order valence-corrected chi connectivity index (χ2v) is 3.33. The Morgan fingerprint density at radius 1 is 1.31 bits per heavy atom. The summed E-state index contributed by atoms with van der Waals surface area (Å²) in [5.41, 5.74) is 2.06. The number of hydrogen-bond acceptors (Lipinski definition) is 3. The van der Waals surface area contributed by atoms with E-state index in [2.05, 4.69) is 10.1 Å². The van der Waals surface area contributed by atoms with Crippen LogP contribution in [0.5, 0.6) is 0 Å². The monoisotopic (exact) mass is 221 g/mol. The van der Waals surface area contributed by atoms with Gasteiger partial charge in [0, 0.05) is 6.54 Å². The van der Waals surface area contributed by atoms with Gasteiger partial charge >= 0.3 is 11.9 Å². The maximum absolute atomic E-state index is 11.2. The first kappa shape index (κ1) is 12.2. The van der Waals surface area contributed by atoms with Crippen molar-refractivity contribution < 1.29 is 14.3 Å². The molecule has 0 heterocycles. The number of hydrogen-bond donors (Lipinski definition) is 1. The third kappa shape index (κ3) is 3.38. The molecule has 1 aromatic rings. The molecule has 4 nitrogen and oxygen atoms in total. The minimum atomic E-state index is -0.837. The van der Waals surface area contributed by atoms with Crippen LogP contribution < -0.4 is 5.32 Å². The average molecular weight is 221 g/mol. The van der Waals surface area contributed by atoms with Crippen molar-refractivity contribution in [3.8, 4) is 0 Å². The van der Waals surface area contributed by atoms with Crippen molar-refractivity contribution in [3.63, 3.8) is 0 Å². The van der Waals surface area contributed by atoms with Crippen LogP contribution in [0.1, 0.15) is 18.1 Å². The summed E-state index contributed by atoms with van der Waals surface area (Å²) in [7, 11) is 0. The molecule has 0 fully saturated rings. The Labute approximate surface area is 94.6 Å². The van der Waals surface area contributed by atoms with Gasteiger partial charge in [-0.15, -0.1) is 0 Å². The molecular weight excluding hydrogens is 206 g/mol. The molecule has 1 amide bonds. The van der Waals surface area contributed by atoms with Crippen molar-refractivity contribution in [1.29, 1.82) is 0 Å². The minimum absolute atomic E-state index is 0.205. The van der Waals surface area contributed by atoms with Crippen LogP contribution in [0.15, 0.2) is 24.3 Å². The van der Waals surface area contributed by atoms with E-state index in [1.54, 1.807) is 6.92 Å². The number of benzene rings is 1. The zero-order valence-corrected chi connectivity index (χ0v) is 9.45. The number of aryl methyl sites for hydroxylation is 1. The molecule has 1 aromatic carbocycles. The number of carbonyl (C=O) groups excluding carboxylic acids is 2. The molecule has 0 spiro atoms. The van der Waals surface area contributed by atoms with Gasteiger partial charge in [-0.25, -0.2) is 4.79 Å². The first-order valence-corrected chi connectivity index (χ1v) is 5.14. The van der Waals surface area contributed by atoms with Gasteiger partial charge in [-0.05, 0) is 25.0 Å². The van der Waals surface area contributed by atoms with E-state index >= 15 is 0 Å². The predicted molar refractivity (Wildman–Crippen MR) is 59.7 cm³/mol. The largest absolute Gasteiger partial charge is 0.459 e. The summed E-state index contributed by atoms with van der Waals surface area (Å²) in [6.45, 7) is 4.15. The number of amides is 1. The molecular formula is C12H15NO3. The van der Waals surface area contributed by atoms with Crippen molar-refractivity contribution in [1.82, 2.24) is 5.32 Å². The molecule has 0 aliphatic rings. The summed E-state index contributed by atoms with van der Waals surface area (Å²) in [4.78, 5) is 22.2. The molecule has 0 saturated heterocycles. The molecule has 1 rings (SSSR count). The van der Waals surface area contributed by atoms with Gasteiger partial charge in [0.1, 0.15) is 0 Å². The van der Waals surface area contributed by atoms with Crippen LogP contribution in [0.4, 0.5) is 0 Å². The lowest BCUT2D eigenvalue weighted by Crippen LogP contribution is -2.32. The molecule has 0 radical (unpaired) electrons. The van der Waals surface area contributed by atoms with Gasteiger partial charge in [0.2, 0.25) is 0 Å². The molecule has 0 unspecified atom stereocenters. The second-order valence-electron chi connectivity index (χ2n) is 3.33. The van der Waals surface area contributed by atoms with E-state index in [9.17, 15) is 9.59 Å². The van der Waals surface area contributed by atoms with Crippen molar-refractivity contribution in [2.75, 3.05) is 6.61 Å². The Morgan fingerprint density at radius 3 is 2.62 bits per heavy atom. The van der Waals surface area contributed by atoms with Gasteiger partial charge in [0.15, 0.2) is 0 Å². The number of ether oxygens (including phenoxy) is 1. The van der Waals surface area contributed by atoms with Crippen LogP contribution in [0.2, 0.25) is 0 Å². The standard InChI is InChI=1S/C12H15NO3/c1-3-16-12(15)11(14)13-8-10-7-5-4-6-9(10)2/h4-7H,3,8H2,1-2H3,(H,13,14). The van der Waals surface area contributed by atoms with Crippen LogP contribution in [0, 0.1) is 6.92 Å². The highest BCUT2D eigenvalue weighted by molar-refractivity contribution is 6.32. The van der Waals surface area contributed by atoms with E-state index in [1.165, 1.54) is 0 Å². The first-order chi connectivity index (χ1) is 7.65. The Balaban J connectivity index is 2.49. The summed E-state index contributed by atoms with van der Waals surface area (Å²) >= 11 is 0. The summed E-state index contributed by atoms with van der Waals surface area (Å²) in [6, 6.07) is 7.66. The van der Waals surface area contributed by atoms with E-state index in [4.69, 9.17) is 0 Å². The van der Waals surface area contributed by atoms with E-state index in [0.717, 1.165) is 11.1 Å². The molecule has 0 aliphatic heterocycles. The number of esters is 1. The molecule has 0 saturated carbocycles. The van der Waals surface area contributed by atoms with Crippen molar-refractivity contribution in [2.45, 2.75) is 20.4 Å². The predicted octanol–water partition coefficient (Wildman–Crippen LogP) is 1.17. The number of nitrogens with one attached hydrogen (secondary N) is 1. The Kier molecular flexibility index (Phi) is 4.51. The Morgan fingerprint density at radius 2 is 2.00 bits per heavy atom. The van der Waals surface area contributed by atoms with Crippen LogP contribution in [-0.4, -0.2) is 18.5 Å². The molecule has 4 heteroatoms. The Bertz CT molecular complexity index is 388. The molecule has 0 atom stereocenters. The fraction of sp³-hybridized carbons (Fsp3) is 0.333. The summed E-state index contributed by atoms with van der Waals surface area (Å²) < 4.78 is 4.57. The SMILES string of the molecule is CCOC(=O)C(=O)NCc1ccccc1C. The summed E-state index contributed by atoms with van der Waals surface area (Å²) in [6.07, 6.45) is 0. The van der Waals surface area contributed by atoms with Gasteiger partial charge in [-0.2, -0.15) is 0 Å². The lowest BCUT2D eigenvalue weighted by atomic mass is 10.1. The molecule has 0 aromatic heterocycles. The van der Waals surface area contributed by atoms with E-state index in [1.807, 2.05) is 31.2 Å². The normalized spacial score (nSPS) is 9.62. The maximum atomic E-state index is 11.2. The van der Waals surface area contributed by atoms with E-state index in [-0.39, 0.29) is 6.61 Å². The molecule has 16 heavy (non-hydrogen) atoms. The van der Waals surface area contributed by atoms with E-state index in [0.29, 0.717) is 6.54 Å².